The van der Waals surface area contributed by atoms with Gasteiger partial charge >= 0.3 is 11.8 Å². The molecule has 2 amide bonds. The van der Waals surface area contributed by atoms with E-state index in [4.69, 9.17) is 0 Å². The fourth-order valence-corrected chi connectivity index (χ4v) is 2.28. The smallest absolute Gasteiger partial charge is 0.313 e. The van der Waals surface area contributed by atoms with E-state index in [0.717, 1.165) is 23.5 Å². The average molecular weight is 316 g/mol. The lowest BCUT2D eigenvalue weighted by molar-refractivity contribution is -0.136. The number of amides is 2. The minimum Gasteiger partial charge on any atom is -0.508 e. The number of hydrogen-bond donors (Lipinski definition) is 3. The molecule has 0 unspecified atom stereocenters. The van der Waals surface area contributed by atoms with E-state index in [1.165, 1.54) is 24.3 Å². The molecule has 23 heavy (non-hydrogen) atoms. The number of carbonyl (C=O) groups is 2. The molecule has 0 saturated heterocycles. The molecular weight excluding hydrogens is 296 g/mol. The van der Waals surface area contributed by atoms with E-state index in [0.29, 0.717) is 5.69 Å². The molecule has 0 radical (unpaired) electrons. The highest BCUT2D eigenvalue weighted by Gasteiger charge is 2.16. The highest BCUT2D eigenvalue weighted by atomic mass is 16.3. The van der Waals surface area contributed by atoms with E-state index in [1.54, 1.807) is 0 Å². The van der Waals surface area contributed by atoms with Crippen molar-refractivity contribution < 1.29 is 14.7 Å². The zero-order valence-electron chi connectivity index (χ0n) is 13.4. The van der Waals surface area contributed by atoms with Crippen LogP contribution in [0.2, 0.25) is 0 Å². The first-order valence-electron chi connectivity index (χ1n) is 7.33. The van der Waals surface area contributed by atoms with Crippen molar-refractivity contribution in [2.45, 2.75) is 33.9 Å². The molecule has 1 aromatic heterocycles. The van der Waals surface area contributed by atoms with Crippen LogP contribution in [0.15, 0.2) is 24.3 Å². The molecule has 2 aromatic rings. The highest BCUT2D eigenvalue weighted by molar-refractivity contribution is 6.39. The molecule has 122 valence electrons. The molecule has 0 saturated carbocycles. The van der Waals surface area contributed by atoms with Gasteiger partial charge in [-0.15, -0.1) is 0 Å². The van der Waals surface area contributed by atoms with Crippen LogP contribution in [0.4, 0.5) is 5.69 Å². The van der Waals surface area contributed by atoms with Crippen molar-refractivity contribution in [3.63, 3.8) is 0 Å². The minimum absolute atomic E-state index is 0.0892. The molecule has 2 rings (SSSR count). The third kappa shape index (κ3) is 3.88. The van der Waals surface area contributed by atoms with Gasteiger partial charge in [0.15, 0.2) is 0 Å². The van der Waals surface area contributed by atoms with E-state index in [9.17, 15) is 14.7 Å². The van der Waals surface area contributed by atoms with Crippen LogP contribution in [0, 0.1) is 13.8 Å². The van der Waals surface area contributed by atoms with Gasteiger partial charge in [-0.2, -0.15) is 5.10 Å². The van der Waals surface area contributed by atoms with Crippen LogP contribution >= 0.6 is 0 Å². The van der Waals surface area contributed by atoms with Crippen LogP contribution < -0.4 is 10.6 Å². The summed E-state index contributed by atoms with van der Waals surface area (Å²) in [7, 11) is 0. The predicted molar refractivity (Wildman–Crippen MR) is 86.0 cm³/mol. The Morgan fingerprint density at radius 2 is 1.83 bits per heavy atom. The molecule has 0 aliphatic rings. The second-order valence-corrected chi connectivity index (χ2v) is 5.15. The normalized spacial score (nSPS) is 10.4. The molecule has 0 aliphatic carbocycles. The summed E-state index contributed by atoms with van der Waals surface area (Å²) in [5, 5.41) is 18.6. The van der Waals surface area contributed by atoms with Crippen molar-refractivity contribution in [1.82, 2.24) is 15.1 Å². The summed E-state index contributed by atoms with van der Waals surface area (Å²) in [4.78, 5) is 23.7. The first-order valence-corrected chi connectivity index (χ1v) is 7.33. The number of carbonyl (C=O) groups excluding carboxylic acids is 2. The molecule has 1 heterocycles. The first-order chi connectivity index (χ1) is 10.9. The molecule has 1 aromatic carbocycles. The third-order valence-electron chi connectivity index (χ3n) is 3.59. The fraction of sp³-hybridized carbons (Fsp3) is 0.312. The van der Waals surface area contributed by atoms with Crippen molar-refractivity contribution >= 4 is 17.5 Å². The molecule has 3 N–H and O–H groups in total. The quantitative estimate of drug-likeness (QED) is 0.588. The second kappa shape index (κ2) is 6.95. The molecule has 0 fully saturated rings. The predicted octanol–water partition coefficient (Wildman–Crippen LogP) is 1.48. The third-order valence-corrected chi connectivity index (χ3v) is 3.59. The Bertz CT molecular complexity index is 720. The number of nitrogens with zero attached hydrogens (tertiary/aromatic N) is 2. The van der Waals surface area contributed by atoms with Gasteiger partial charge in [0.25, 0.3) is 0 Å². The van der Waals surface area contributed by atoms with Crippen LogP contribution in [-0.2, 0) is 22.7 Å². The topological polar surface area (TPSA) is 96.2 Å². The molecule has 0 atom stereocenters. The SMILES string of the molecule is CCn1nc(C)c(CNC(=O)C(=O)Nc2ccc(O)cc2)c1C. The monoisotopic (exact) mass is 316 g/mol. The average Bonchev–Trinajstić information content (AvgIpc) is 2.81. The Morgan fingerprint density at radius 1 is 1.17 bits per heavy atom. The number of nitrogens with one attached hydrogen (secondary N) is 2. The van der Waals surface area contributed by atoms with Crippen molar-refractivity contribution in [2.24, 2.45) is 0 Å². The summed E-state index contributed by atoms with van der Waals surface area (Å²) in [5.74, 6) is -1.39. The highest BCUT2D eigenvalue weighted by Crippen LogP contribution is 2.14. The van der Waals surface area contributed by atoms with Gasteiger partial charge in [0.1, 0.15) is 5.75 Å². The standard InChI is InChI=1S/C16H20N4O3/c1-4-20-11(3)14(10(2)19-20)9-17-15(22)16(23)18-12-5-7-13(21)8-6-12/h5-8,21H,4,9H2,1-3H3,(H,17,22)(H,18,23). The molecule has 0 bridgehead atoms. The number of aryl methyl sites for hydroxylation is 2. The van der Waals surface area contributed by atoms with Crippen molar-refractivity contribution in [2.75, 3.05) is 5.32 Å². The number of anilines is 1. The zero-order chi connectivity index (χ0) is 17.0. The number of rotatable bonds is 4. The largest absolute Gasteiger partial charge is 0.508 e. The number of benzene rings is 1. The van der Waals surface area contributed by atoms with Gasteiger partial charge in [-0.25, -0.2) is 0 Å². The Hall–Kier alpha value is -2.83. The number of aromatic hydroxyl groups is 1. The lowest BCUT2D eigenvalue weighted by atomic mass is 10.2. The van der Waals surface area contributed by atoms with Gasteiger partial charge < -0.3 is 15.7 Å². The summed E-state index contributed by atoms with van der Waals surface area (Å²) in [6.07, 6.45) is 0. The number of phenolic OH excluding ortho intramolecular Hbond substituents is 1. The number of phenols is 1. The summed E-state index contributed by atoms with van der Waals surface area (Å²) >= 11 is 0. The maximum atomic E-state index is 11.9. The van der Waals surface area contributed by atoms with E-state index >= 15 is 0 Å². The van der Waals surface area contributed by atoms with Crippen LogP contribution in [0.25, 0.3) is 0 Å². The van der Waals surface area contributed by atoms with Crippen molar-refractivity contribution in [3.05, 3.63) is 41.2 Å². The van der Waals surface area contributed by atoms with E-state index in [1.807, 2.05) is 25.5 Å². The number of hydrogen-bond acceptors (Lipinski definition) is 4. The lowest BCUT2D eigenvalue weighted by Crippen LogP contribution is -2.35. The van der Waals surface area contributed by atoms with Gasteiger partial charge in [-0.1, -0.05) is 0 Å². The Labute approximate surface area is 134 Å². The minimum atomic E-state index is -0.756. The fourth-order valence-electron chi connectivity index (χ4n) is 2.28. The second-order valence-electron chi connectivity index (χ2n) is 5.15. The van der Waals surface area contributed by atoms with Gasteiger partial charge in [0.05, 0.1) is 5.69 Å². The summed E-state index contributed by atoms with van der Waals surface area (Å²) in [6.45, 7) is 6.80. The van der Waals surface area contributed by atoms with Crippen molar-refractivity contribution in [1.29, 1.82) is 0 Å². The van der Waals surface area contributed by atoms with Crippen LogP contribution in [-0.4, -0.2) is 26.7 Å². The molecule has 0 spiro atoms. The zero-order valence-corrected chi connectivity index (χ0v) is 13.4. The van der Waals surface area contributed by atoms with Crippen LogP contribution in [0.5, 0.6) is 5.75 Å². The van der Waals surface area contributed by atoms with Gasteiger partial charge in [-0.3, -0.25) is 14.3 Å². The van der Waals surface area contributed by atoms with Gasteiger partial charge in [0, 0.05) is 30.0 Å². The Balaban J connectivity index is 1.95. The van der Waals surface area contributed by atoms with E-state index < -0.39 is 11.8 Å². The van der Waals surface area contributed by atoms with Crippen LogP contribution in [0.3, 0.4) is 0 Å². The van der Waals surface area contributed by atoms with Crippen LogP contribution in [0.1, 0.15) is 23.9 Å². The molecule has 7 heteroatoms. The molecule has 7 nitrogen and oxygen atoms in total. The van der Waals surface area contributed by atoms with E-state index in [2.05, 4.69) is 15.7 Å². The maximum Gasteiger partial charge on any atom is 0.313 e. The Kier molecular flexibility index (Phi) is 5.00. The number of aromatic nitrogens is 2. The molecule has 0 aliphatic heterocycles. The van der Waals surface area contributed by atoms with E-state index in [-0.39, 0.29) is 12.3 Å². The van der Waals surface area contributed by atoms with Gasteiger partial charge in [0.2, 0.25) is 0 Å². The van der Waals surface area contributed by atoms with Gasteiger partial charge in [-0.05, 0) is 45.0 Å². The maximum absolute atomic E-state index is 11.9. The summed E-state index contributed by atoms with van der Waals surface area (Å²) in [6, 6.07) is 5.89. The lowest BCUT2D eigenvalue weighted by Gasteiger charge is -2.07. The first kappa shape index (κ1) is 16.5. The summed E-state index contributed by atoms with van der Waals surface area (Å²) in [5.41, 5.74) is 3.17. The van der Waals surface area contributed by atoms with Crippen molar-refractivity contribution in [3.8, 4) is 5.75 Å². The molecular formula is C16H20N4O3. The Morgan fingerprint density at radius 3 is 2.39 bits per heavy atom. The summed E-state index contributed by atoms with van der Waals surface area (Å²) < 4.78 is 1.85.